The van der Waals surface area contributed by atoms with E-state index in [9.17, 15) is 0 Å². The lowest BCUT2D eigenvalue weighted by molar-refractivity contribution is -0.908. The number of hydrogen-bond donors (Lipinski definition) is 3. The minimum atomic E-state index is 0.552. The Morgan fingerprint density at radius 3 is 2.15 bits per heavy atom. The monoisotopic (exact) mass is 383 g/mol. The highest BCUT2D eigenvalue weighted by molar-refractivity contribution is 7.80. The molecule has 0 radical (unpaired) electrons. The minimum absolute atomic E-state index is 0.552. The van der Waals surface area contributed by atoms with Crippen molar-refractivity contribution in [3.63, 3.8) is 0 Å². The first-order chi connectivity index (χ1) is 13.3. The Morgan fingerprint density at radius 2 is 1.56 bits per heavy atom. The molecule has 1 aliphatic rings. The van der Waals surface area contributed by atoms with Gasteiger partial charge in [0, 0.05) is 24.1 Å². The maximum atomic E-state index is 5.39. The van der Waals surface area contributed by atoms with Crippen molar-refractivity contribution in [2.75, 3.05) is 39.4 Å². The molecule has 0 unspecified atom stereocenters. The Kier molecular flexibility index (Phi) is 7.77. The molecule has 0 atom stereocenters. The van der Waals surface area contributed by atoms with Crippen LogP contribution in [0.4, 0.5) is 0 Å². The second kappa shape index (κ2) is 10.8. The molecule has 3 N–H and O–H groups in total. The minimum Gasteiger partial charge on any atom is -0.370 e. The quantitative estimate of drug-likeness (QED) is 0.291. The largest absolute Gasteiger partial charge is 0.370 e. The van der Waals surface area contributed by atoms with Crippen LogP contribution in [-0.2, 0) is 4.74 Å². The van der Waals surface area contributed by atoms with Gasteiger partial charge in [-0.1, -0.05) is 60.7 Å². The highest BCUT2D eigenvalue weighted by Gasteiger charge is 2.12. The van der Waals surface area contributed by atoms with E-state index in [2.05, 4.69) is 40.1 Å². The molecule has 0 bridgehead atoms. The van der Waals surface area contributed by atoms with Gasteiger partial charge in [-0.15, -0.1) is 0 Å². The van der Waals surface area contributed by atoms with Gasteiger partial charge >= 0.3 is 0 Å². The number of thiocarbonyl (C=S) groups is 1. The zero-order valence-electron chi connectivity index (χ0n) is 15.5. The van der Waals surface area contributed by atoms with Crippen molar-refractivity contribution in [2.45, 2.75) is 6.42 Å². The number of hydrogen-bond acceptors (Lipinski definition) is 3. The van der Waals surface area contributed by atoms with Crippen LogP contribution in [0, 0.1) is 0 Å². The van der Waals surface area contributed by atoms with Crippen LogP contribution in [0.1, 0.15) is 17.5 Å². The van der Waals surface area contributed by atoms with E-state index in [4.69, 9.17) is 17.0 Å². The number of benzene rings is 2. The van der Waals surface area contributed by atoms with Crippen molar-refractivity contribution >= 4 is 23.0 Å². The summed E-state index contributed by atoms with van der Waals surface area (Å²) >= 11 is 5.39. The normalized spacial score (nSPS) is 14.4. The van der Waals surface area contributed by atoms with E-state index in [-0.39, 0.29) is 0 Å². The molecule has 1 heterocycles. The molecule has 6 heteroatoms. The highest BCUT2D eigenvalue weighted by atomic mass is 32.1. The summed E-state index contributed by atoms with van der Waals surface area (Å²) in [5.74, 6) is 0. The number of nitrogens with zero attached hydrogens (tertiary/aromatic N) is 1. The lowest BCUT2D eigenvalue weighted by Crippen LogP contribution is -3.14. The maximum absolute atomic E-state index is 5.39. The van der Waals surface area contributed by atoms with E-state index in [0.29, 0.717) is 5.11 Å². The van der Waals surface area contributed by atoms with Gasteiger partial charge in [0.05, 0.1) is 25.5 Å². The average molecular weight is 384 g/mol. The number of quaternary nitrogens is 1. The summed E-state index contributed by atoms with van der Waals surface area (Å²) < 4.78 is 5.39. The maximum Gasteiger partial charge on any atom is 0.186 e. The van der Waals surface area contributed by atoms with E-state index in [1.165, 1.54) is 0 Å². The number of nitrogens with one attached hydrogen (secondary N) is 3. The van der Waals surface area contributed by atoms with E-state index in [1.54, 1.807) is 4.90 Å². The predicted molar refractivity (Wildman–Crippen MR) is 113 cm³/mol. The SMILES string of the molecule is S=C(NCCC[NH+]1CCOCC1)NN=C(c1ccccc1)c1ccccc1. The van der Waals surface area contributed by atoms with Gasteiger partial charge in [-0.25, -0.2) is 0 Å². The van der Waals surface area contributed by atoms with E-state index < -0.39 is 0 Å². The smallest absolute Gasteiger partial charge is 0.186 e. The van der Waals surface area contributed by atoms with Gasteiger partial charge in [0.1, 0.15) is 13.1 Å². The standard InChI is InChI=1S/C21H26N4OS/c27-21(22-12-7-13-25-14-16-26-17-15-25)24-23-20(18-8-3-1-4-9-18)19-10-5-2-6-11-19/h1-6,8-11H,7,12-17H2,(H2,22,24,27)/p+1. The van der Waals surface area contributed by atoms with Crippen molar-refractivity contribution in [1.29, 1.82) is 0 Å². The number of ether oxygens (including phenoxy) is 1. The lowest BCUT2D eigenvalue weighted by Gasteiger charge is -2.23. The predicted octanol–water partition coefficient (Wildman–Crippen LogP) is 1.21. The van der Waals surface area contributed by atoms with Gasteiger partial charge < -0.3 is 15.0 Å². The molecule has 0 spiro atoms. The topological polar surface area (TPSA) is 50.1 Å². The van der Waals surface area contributed by atoms with Crippen LogP contribution >= 0.6 is 12.2 Å². The Labute approximate surface area is 166 Å². The van der Waals surface area contributed by atoms with Crippen LogP contribution < -0.4 is 15.6 Å². The molecule has 3 rings (SSSR count). The Morgan fingerprint density at radius 1 is 0.963 bits per heavy atom. The number of rotatable bonds is 7. The summed E-state index contributed by atoms with van der Waals surface area (Å²) in [6.07, 6.45) is 1.07. The van der Waals surface area contributed by atoms with Gasteiger partial charge in [-0.05, 0) is 12.2 Å². The molecule has 0 aliphatic carbocycles. The van der Waals surface area contributed by atoms with Gasteiger partial charge in [0.25, 0.3) is 0 Å². The first kappa shape index (κ1) is 19.5. The third-order valence-corrected chi connectivity index (χ3v) is 4.79. The molecule has 5 nitrogen and oxygen atoms in total. The molecule has 27 heavy (non-hydrogen) atoms. The third kappa shape index (κ3) is 6.43. The zero-order valence-corrected chi connectivity index (χ0v) is 16.3. The van der Waals surface area contributed by atoms with E-state index in [0.717, 1.165) is 62.7 Å². The number of hydrazone groups is 1. The van der Waals surface area contributed by atoms with Crippen LogP contribution in [0.15, 0.2) is 65.8 Å². The first-order valence-corrected chi connectivity index (χ1v) is 9.87. The molecular formula is C21H27N4OS+. The van der Waals surface area contributed by atoms with Crippen molar-refractivity contribution in [3.8, 4) is 0 Å². The van der Waals surface area contributed by atoms with Crippen LogP contribution in [-0.4, -0.2) is 50.2 Å². The van der Waals surface area contributed by atoms with Crippen LogP contribution in [0.2, 0.25) is 0 Å². The zero-order chi connectivity index (χ0) is 18.7. The summed E-state index contributed by atoms with van der Waals surface area (Å²) in [6, 6.07) is 20.3. The van der Waals surface area contributed by atoms with Gasteiger partial charge in [0.15, 0.2) is 5.11 Å². The second-order valence-electron chi connectivity index (χ2n) is 6.53. The molecule has 1 saturated heterocycles. The fourth-order valence-corrected chi connectivity index (χ4v) is 3.23. The summed E-state index contributed by atoms with van der Waals surface area (Å²) in [5.41, 5.74) is 5.97. The summed E-state index contributed by atoms with van der Waals surface area (Å²) in [6.45, 7) is 5.94. The fourth-order valence-electron chi connectivity index (χ4n) is 3.08. The summed E-state index contributed by atoms with van der Waals surface area (Å²) in [5, 5.41) is 8.38. The van der Waals surface area contributed by atoms with Crippen LogP contribution in [0.25, 0.3) is 0 Å². The molecule has 2 aromatic carbocycles. The van der Waals surface area contributed by atoms with Crippen LogP contribution in [0.5, 0.6) is 0 Å². The van der Waals surface area contributed by atoms with E-state index in [1.807, 2.05) is 36.4 Å². The molecule has 0 amide bonds. The fraction of sp³-hybridized carbons (Fsp3) is 0.333. The molecule has 1 fully saturated rings. The van der Waals surface area contributed by atoms with Crippen molar-refractivity contribution in [3.05, 3.63) is 71.8 Å². The summed E-state index contributed by atoms with van der Waals surface area (Å²) in [7, 11) is 0. The Hall–Kier alpha value is -2.28. The Balaban J connectivity index is 1.52. The van der Waals surface area contributed by atoms with Crippen LogP contribution in [0.3, 0.4) is 0 Å². The van der Waals surface area contributed by atoms with E-state index >= 15 is 0 Å². The number of morpholine rings is 1. The first-order valence-electron chi connectivity index (χ1n) is 9.46. The van der Waals surface area contributed by atoms with Gasteiger partial charge in [-0.3, -0.25) is 5.43 Å². The molecule has 142 valence electrons. The van der Waals surface area contributed by atoms with Crippen molar-refractivity contribution in [2.24, 2.45) is 5.10 Å². The molecular weight excluding hydrogens is 356 g/mol. The van der Waals surface area contributed by atoms with Crippen molar-refractivity contribution < 1.29 is 9.64 Å². The molecule has 0 saturated carbocycles. The molecule has 0 aromatic heterocycles. The van der Waals surface area contributed by atoms with Gasteiger partial charge in [-0.2, -0.15) is 5.10 Å². The molecule has 2 aromatic rings. The van der Waals surface area contributed by atoms with Gasteiger partial charge in [0.2, 0.25) is 0 Å². The van der Waals surface area contributed by atoms with Crippen molar-refractivity contribution in [1.82, 2.24) is 10.7 Å². The third-order valence-electron chi connectivity index (χ3n) is 4.56. The average Bonchev–Trinajstić information content (AvgIpc) is 2.74. The second-order valence-corrected chi connectivity index (χ2v) is 6.93. The Bertz CT molecular complexity index is 689. The summed E-state index contributed by atoms with van der Waals surface area (Å²) in [4.78, 5) is 1.61. The molecule has 1 aliphatic heterocycles. The highest BCUT2D eigenvalue weighted by Crippen LogP contribution is 2.10. The lowest BCUT2D eigenvalue weighted by atomic mass is 10.0.